The monoisotopic (exact) mass is 565 g/mol. The number of hydrogen-bond acceptors (Lipinski definition) is 6. The minimum atomic E-state index is -0.821. The standard InChI is InChI=1S/C29H28BrNO6/c1-17(2)37-22-7-5-6-19(14-22)26-25(27(32)20-10-13-24(36-4)23(30)15-20)28(33)29(34)31(26)16-18-8-11-21(35-3)12-9-18/h5-15,17,26,32H,16H2,1-4H3/b27-25+. The fourth-order valence-corrected chi connectivity index (χ4v) is 4.86. The summed E-state index contributed by atoms with van der Waals surface area (Å²) < 4.78 is 17.0. The van der Waals surface area contributed by atoms with E-state index in [-0.39, 0.29) is 24.0 Å². The Hall–Kier alpha value is -3.78. The van der Waals surface area contributed by atoms with Crippen molar-refractivity contribution in [3.05, 3.63) is 93.5 Å². The highest BCUT2D eigenvalue weighted by molar-refractivity contribution is 9.10. The molecule has 0 radical (unpaired) electrons. The van der Waals surface area contributed by atoms with Gasteiger partial charge in [-0.3, -0.25) is 9.59 Å². The van der Waals surface area contributed by atoms with Crippen molar-refractivity contribution in [3.8, 4) is 17.2 Å². The van der Waals surface area contributed by atoms with Gasteiger partial charge in [0.2, 0.25) is 0 Å². The van der Waals surface area contributed by atoms with E-state index in [1.165, 1.54) is 12.0 Å². The molecule has 3 aromatic carbocycles. The van der Waals surface area contributed by atoms with E-state index in [0.29, 0.717) is 32.8 Å². The molecule has 0 aromatic heterocycles. The average molecular weight is 566 g/mol. The van der Waals surface area contributed by atoms with E-state index in [2.05, 4.69) is 15.9 Å². The third-order valence-corrected chi connectivity index (χ3v) is 6.64. The summed E-state index contributed by atoms with van der Waals surface area (Å²) in [5.41, 5.74) is 1.86. The first-order chi connectivity index (χ1) is 17.7. The van der Waals surface area contributed by atoms with Crippen LogP contribution in [0.4, 0.5) is 0 Å². The maximum atomic E-state index is 13.4. The van der Waals surface area contributed by atoms with Gasteiger partial charge in [0.1, 0.15) is 23.0 Å². The number of halogens is 1. The van der Waals surface area contributed by atoms with Crippen molar-refractivity contribution >= 4 is 33.4 Å². The lowest BCUT2D eigenvalue weighted by Crippen LogP contribution is -2.29. The molecule has 8 heteroatoms. The second-order valence-corrected chi connectivity index (χ2v) is 9.72. The van der Waals surface area contributed by atoms with Gasteiger partial charge in [-0.2, -0.15) is 0 Å². The van der Waals surface area contributed by atoms with E-state index in [0.717, 1.165) is 5.56 Å². The quantitative estimate of drug-likeness (QED) is 0.209. The summed E-state index contributed by atoms with van der Waals surface area (Å²) in [6.07, 6.45) is -0.0578. The first-order valence-corrected chi connectivity index (χ1v) is 12.5. The molecule has 1 fully saturated rings. The zero-order valence-electron chi connectivity index (χ0n) is 21.0. The van der Waals surface area contributed by atoms with E-state index in [1.807, 2.05) is 44.2 Å². The molecule has 1 atom stereocenters. The van der Waals surface area contributed by atoms with Gasteiger partial charge in [0.05, 0.1) is 36.4 Å². The summed E-state index contributed by atoms with van der Waals surface area (Å²) in [4.78, 5) is 28.2. The van der Waals surface area contributed by atoms with Crippen LogP contribution in [-0.2, 0) is 16.1 Å². The van der Waals surface area contributed by atoms with Crippen molar-refractivity contribution in [1.29, 1.82) is 0 Å². The number of carbonyl (C=O) groups excluding carboxylic acids is 2. The Balaban J connectivity index is 1.85. The van der Waals surface area contributed by atoms with Crippen LogP contribution in [0.2, 0.25) is 0 Å². The molecule has 1 amide bonds. The Morgan fingerprint density at radius 1 is 0.973 bits per heavy atom. The van der Waals surface area contributed by atoms with Crippen LogP contribution in [0.1, 0.15) is 36.6 Å². The molecule has 0 aliphatic carbocycles. The third kappa shape index (κ3) is 5.49. The molecular weight excluding hydrogens is 538 g/mol. The highest BCUT2D eigenvalue weighted by Crippen LogP contribution is 2.42. The van der Waals surface area contributed by atoms with E-state index < -0.39 is 17.7 Å². The number of amides is 1. The van der Waals surface area contributed by atoms with Gasteiger partial charge in [-0.1, -0.05) is 24.3 Å². The van der Waals surface area contributed by atoms with Gasteiger partial charge < -0.3 is 24.2 Å². The second-order valence-electron chi connectivity index (χ2n) is 8.86. The SMILES string of the molecule is COc1ccc(CN2C(=O)C(=O)/C(=C(/O)c3ccc(OC)c(Br)c3)C2c2cccc(OC(C)C)c2)cc1. The minimum Gasteiger partial charge on any atom is -0.507 e. The summed E-state index contributed by atoms with van der Waals surface area (Å²) >= 11 is 3.42. The van der Waals surface area contributed by atoms with Crippen LogP contribution >= 0.6 is 15.9 Å². The largest absolute Gasteiger partial charge is 0.507 e. The summed E-state index contributed by atoms with van der Waals surface area (Å²) in [6.45, 7) is 4.01. The predicted octanol–water partition coefficient (Wildman–Crippen LogP) is 5.88. The molecule has 37 heavy (non-hydrogen) atoms. The number of carbonyl (C=O) groups is 2. The van der Waals surface area contributed by atoms with Gasteiger partial charge in [0.25, 0.3) is 11.7 Å². The Kier molecular flexibility index (Phi) is 7.88. The normalized spacial score (nSPS) is 16.8. The predicted molar refractivity (Wildman–Crippen MR) is 144 cm³/mol. The van der Waals surface area contributed by atoms with Crippen LogP contribution < -0.4 is 14.2 Å². The first kappa shape index (κ1) is 26.3. The van der Waals surface area contributed by atoms with Crippen molar-refractivity contribution in [2.45, 2.75) is 32.5 Å². The number of benzene rings is 3. The molecule has 7 nitrogen and oxygen atoms in total. The molecule has 1 aliphatic heterocycles. The number of Topliss-reactive ketones (excluding diaryl/α,β-unsaturated/α-hetero) is 1. The molecule has 3 aromatic rings. The Morgan fingerprint density at radius 2 is 1.70 bits per heavy atom. The molecular formula is C29H28BrNO6. The van der Waals surface area contributed by atoms with Crippen molar-refractivity contribution < 1.29 is 28.9 Å². The van der Waals surface area contributed by atoms with Crippen LogP contribution in [0, 0.1) is 0 Å². The zero-order chi connectivity index (χ0) is 26.7. The Morgan fingerprint density at radius 3 is 2.32 bits per heavy atom. The molecule has 1 unspecified atom stereocenters. The number of aliphatic hydroxyl groups is 1. The van der Waals surface area contributed by atoms with Gasteiger partial charge in [-0.25, -0.2) is 0 Å². The van der Waals surface area contributed by atoms with Crippen molar-refractivity contribution in [2.24, 2.45) is 0 Å². The summed E-state index contributed by atoms with van der Waals surface area (Å²) in [6, 6.07) is 18.7. The summed E-state index contributed by atoms with van der Waals surface area (Å²) in [7, 11) is 3.12. The topological polar surface area (TPSA) is 85.3 Å². The number of hydrogen-bond donors (Lipinski definition) is 1. The molecule has 1 heterocycles. The number of likely N-dealkylation sites (tertiary alicyclic amines) is 1. The van der Waals surface area contributed by atoms with E-state index in [9.17, 15) is 14.7 Å². The molecule has 1 saturated heterocycles. The Bertz CT molecular complexity index is 1350. The second kappa shape index (κ2) is 11.1. The van der Waals surface area contributed by atoms with Gasteiger partial charge in [-0.15, -0.1) is 0 Å². The van der Waals surface area contributed by atoms with E-state index in [4.69, 9.17) is 14.2 Å². The highest BCUT2D eigenvalue weighted by atomic mass is 79.9. The first-order valence-electron chi connectivity index (χ1n) is 11.7. The van der Waals surface area contributed by atoms with Gasteiger partial charge in [0.15, 0.2) is 0 Å². The smallest absolute Gasteiger partial charge is 0.295 e. The number of aliphatic hydroxyl groups excluding tert-OH is 1. The van der Waals surface area contributed by atoms with Gasteiger partial charge >= 0.3 is 0 Å². The molecule has 0 spiro atoms. The fraction of sp³-hybridized carbons (Fsp3) is 0.241. The average Bonchev–Trinajstić information content (AvgIpc) is 3.13. The lowest BCUT2D eigenvalue weighted by molar-refractivity contribution is -0.140. The van der Waals surface area contributed by atoms with Crippen molar-refractivity contribution in [1.82, 2.24) is 4.90 Å². The van der Waals surface area contributed by atoms with Crippen LogP contribution in [0.15, 0.2) is 76.8 Å². The maximum absolute atomic E-state index is 13.4. The fourth-order valence-electron chi connectivity index (χ4n) is 4.32. The van der Waals surface area contributed by atoms with Gasteiger partial charge in [0, 0.05) is 12.1 Å². The molecule has 1 aliphatic rings. The van der Waals surface area contributed by atoms with Crippen LogP contribution in [0.5, 0.6) is 17.2 Å². The van der Waals surface area contributed by atoms with Crippen molar-refractivity contribution in [2.75, 3.05) is 14.2 Å². The van der Waals surface area contributed by atoms with E-state index in [1.54, 1.807) is 43.5 Å². The number of methoxy groups -OCH3 is 2. The maximum Gasteiger partial charge on any atom is 0.295 e. The summed E-state index contributed by atoms with van der Waals surface area (Å²) in [5.74, 6) is 0.162. The van der Waals surface area contributed by atoms with E-state index >= 15 is 0 Å². The third-order valence-electron chi connectivity index (χ3n) is 6.02. The number of ether oxygens (including phenoxy) is 3. The van der Waals surface area contributed by atoms with Crippen LogP contribution in [-0.4, -0.2) is 42.0 Å². The Labute approximate surface area is 224 Å². The lowest BCUT2D eigenvalue weighted by atomic mass is 9.95. The van der Waals surface area contributed by atoms with Crippen LogP contribution in [0.25, 0.3) is 5.76 Å². The highest BCUT2D eigenvalue weighted by Gasteiger charge is 2.46. The number of nitrogens with zero attached hydrogens (tertiary/aromatic N) is 1. The van der Waals surface area contributed by atoms with Crippen molar-refractivity contribution in [3.63, 3.8) is 0 Å². The van der Waals surface area contributed by atoms with Gasteiger partial charge in [-0.05, 0) is 83.4 Å². The molecule has 0 saturated carbocycles. The molecule has 192 valence electrons. The molecule has 4 rings (SSSR count). The number of ketones is 1. The molecule has 1 N–H and O–H groups in total. The molecule has 0 bridgehead atoms. The zero-order valence-corrected chi connectivity index (χ0v) is 22.6. The summed E-state index contributed by atoms with van der Waals surface area (Å²) in [5, 5.41) is 11.4. The minimum absolute atomic E-state index is 0.0114. The lowest BCUT2D eigenvalue weighted by Gasteiger charge is -2.26. The van der Waals surface area contributed by atoms with Crippen LogP contribution in [0.3, 0.4) is 0 Å². The number of rotatable bonds is 8.